The molecule has 0 aliphatic heterocycles. The third-order valence-electron chi connectivity index (χ3n) is 2.70. The summed E-state index contributed by atoms with van der Waals surface area (Å²) in [7, 11) is 1.64. The Labute approximate surface area is 80.0 Å². The van der Waals surface area contributed by atoms with Gasteiger partial charge in [-0.15, -0.1) is 0 Å². The summed E-state index contributed by atoms with van der Waals surface area (Å²) < 4.78 is 10.1. The van der Waals surface area contributed by atoms with Gasteiger partial charge >= 0.3 is 0 Å². The molecule has 0 heterocycles. The predicted molar refractivity (Wildman–Crippen MR) is 50.4 cm³/mol. The van der Waals surface area contributed by atoms with Crippen molar-refractivity contribution in [3.8, 4) is 0 Å². The van der Waals surface area contributed by atoms with Gasteiger partial charge < -0.3 is 14.6 Å². The summed E-state index contributed by atoms with van der Waals surface area (Å²) in [5, 5.41) is 9.01. The van der Waals surface area contributed by atoms with Gasteiger partial charge in [0.05, 0.1) is 6.61 Å². The topological polar surface area (TPSA) is 38.7 Å². The highest BCUT2D eigenvalue weighted by molar-refractivity contribution is 4.72. The van der Waals surface area contributed by atoms with E-state index in [1.807, 2.05) is 0 Å². The van der Waals surface area contributed by atoms with E-state index in [2.05, 4.69) is 0 Å². The molecule has 0 bridgehead atoms. The van der Waals surface area contributed by atoms with E-state index in [1.165, 1.54) is 19.3 Å². The maximum Gasteiger partial charge on any atom is 0.146 e. The summed E-state index contributed by atoms with van der Waals surface area (Å²) in [5.74, 6) is 1.13. The van der Waals surface area contributed by atoms with Gasteiger partial charge in [-0.2, -0.15) is 0 Å². The molecule has 1 aliphatic rings. The van der Waals surface area contributed by atoms with Crippen LogP contribution in [0.4, 0.5) is 0 Å². The van der Waals surface area contributed by atoms with Crippen molar-refractivity contribution >= 4 is 0 Å². The zero-order valence-corrected chi connectivity index (χ0v) is 8.37. The van der Waals surface area contributed by atoms with Gasteiger partial charge in [0.1, 0.15) is 6.79 Å². The lowest BCUT2D eigenvalue weighted by molar-refractivity contribution is -0.0507. The van der Waals surface area contributed by atoms with Gasteiger partial charge in [0.2, 0.25) is 0 Å². The largest absolute Gasteiger partial charge is 0.396 e. The van der Waals surface area contributed by atoms with Crippen LogP contribution in [0.1, 0.15) is 25.7 Å². The van der Waals surface area contributed by atoms with E-state index in [1.54, 1.807) is 7.11 Å². The SMILES string of the molecule is COCOC[C@@H]1CCC[C@H](CO)C1. The summed E-state index contributed by atoms with van der Waals surface area (Å²) in [5.41, 5.74) is 0. The van der Waals surface area contributed by atoms with Crippen molar-refractivity contribution < 1.29 is 14.6 Å². The molecule has 13 heavy (non-hydrogen) atoms. The Hall–Kier alpha value is -0.120. The molecule has 0 amide bonds. The Balaban J connectivity index is 2.11. The van der Waals surface area contributed by atoms with E-state index in [-0.39, 0.29) is 0 Å². The molecule has 1 fully saturated rings. The van der Waals surface area contributed by atoms with Gasteiger partial charge in [-0.1, -0.05) is 6.42 Å². The minimum Gasteiger partial charge on any atom is -0.396 e. The molecule has 0 unspecified atom stereocenters. The predicted octanol–water partition coefficient (Wildman–Crippen LogP) is 1.41. The Morgan fingerprint density at radius 1 is 1.31 bits per heavy atom. The van der Waals surface area contributed by atoms with E-state index in [4.69, 9.17) is 14.6 Å². The van der Waals surface area contributed by atoms with Crippen molar-refractivity contribution in [2.24, 2.45) is 11.8 Å². The van der Waals surface area contributed by atoms with Crippen LogP contribution in [0.5, 0.6) is 0 Å². The second kappa shape index (κ2) is 6.35. The highest BCUT2D eigenvalue weighted by Gasteiger charge is 2.21. The molecule has 0 radical (unpaired) electrons. The highest BCUT2D eigenvalue weighted by Crippen LogP contribution is 2.28. The first-order valence-electron chi connectivity index (χ1n) is 5.04. The van der Waals surface area contributed by atoms with Crippen LogP contribution < -0.4 is 0 Å². The molecule has 0 saturated heterocycles. The Bertz CT molecular complexity index is 127. The minimum absolute atomic E-state index is 0.334. The molecule has 0 spiro atoms. The average molecular weight is 188 g/mol. The number of methoxy groups -OCH3 is 1. The third kappa shape index (κ3) is 4.07. The lowest BCUT2D eigenvalue weighted by atomic mass is 9.82. The molecule has 1 aliphatic carbocycles. The second-order valence-corrected chi connectivity index (χ2v) is 3.86. The van der Waals surface area contributed by atoms with Crippen LogP contribution in [0.25, 0.3) is 0 Å². The number of aliphatic hydroxyl groups excluding tert-OH is 1. The maximum atomic E-state index is 9.01. The lowest BCUT2D eigenvalue weighted by Gasteiger charge is -2.27. The molecule has 1 rings (SSSR count). The monoisotopic (exact) mass is 188 g/mol. The summed E-state index contributed by atoms with van der Waals surface area (Å²) in [4.78, 5) is 0. The van der Waals surface area contributed by atoms with Crippen LogP contribution in [0.2, 0.25) is 0 Å². The zero-order valence-electron chi connectivity index (χ0n) is 8.37. The molecule has 2 atom stereocenters. The van der Waals surface area contributed by atoms with Crippen molar-refractivity contribution in [1.82, 2.24) is 0 Å². The normalized spacial score (nSPS) is 29.1. The first-order valence-corrected chi connectivity index (χ1v) is 5.04. The number of aliphatic hydroxyl groups is 1. The number of hydrogen-bond acceptors (Lipinski definition) is 3. The van der Waals surface area contributed by atoms with Gasteiger partial charge in [0.25, 0.3) is 0 Å². The molecule has 1 saturated carbocycles. The summed E-state index contributed by atoms with van der Waals surface area (Å²) in [6.45, 7) is 1.51. The zero-order chi connectivity index (χ0) is 9.52. The minimum atomic E-state index is 0.334. The molecule has 0 aromatic heterocycles. The van der Waals surface area contributed by atoms with E-state index >= 15 is 0 Å². The number of rotatable bonds is 5. The first-order chi connectivity index (χ1) is 6.36. The van der Waals surface area contributed by atoms with Gasteiger partial charge in [-0.3, -0.25) is 0 Å². The lowest BCUT2D eigenvalue weighted by Crippen LogP contribution is -2.22. The fraction of sp³-hybridized carbons (Fsp3) is 1.00. The van der Waals surface area contributed by atoms with Gasteiger partial charge in [0.15, 0.2) is 0 Å². The maximum absolute atomic E-state index is 9.01. The molecule has 1 N–H and O–H groups in total. The van der Waals surface area contributed by atoms with Crippen molar-refractivity contribution in [3.05, 3.63) is 0 Å². The van der Waals surface area contributed by atoms with Crippen LogP contribution in [0, 0.1) is 11.8 Å². The van der Waals surface area contributed by atoms with Crippen LogP contribution in [-0.4, -0.2) is 32.2 Å². The molecule has 0 aromatic carbocycles. The molecule has 78 valence electrons. The van der Waals surface area contributed by atoms with Crippen LogP contribution in [0.3, 0.4) is 0 Å². The fourth-order valence-corrected chi connectivity index (χ4v) is 2.02. The van der Waals surface area contributed by atoms with Crippen molar-refractivity contribution in [2.45, 2.75) is 25.7 Å². The van der Waals surface area contributed by atoms with Gasteiger partial charge in [0, 0.05) is 13.7 Å². The van der Waals surface area contributed by atoms with Gasteiger partial charge in [-0.05, 0) is 31.1 Å². The van der Waals surface area contributed by atoms with Crippen LogP contribution in [0.15, 0.2) is 0 Å². The van der Waals surface area contributed by atoms with Crippen LogP contribution >= 0.6 is 0 Å². The van der Waals surface area contributed by atoms with Crippen molar-refractivity contribution in [3.63, 3.8) is 0 Å². The Morgan fingerprint density at radius 3 is 2.77 bits per heavy atom. The molecule has 3 heteroatoms. The fourth-order valence-electron chi connectivity index (χ4n) is 2.02. The number of ether oxygens (including phenoxy) is 2. The second-order valence-electron chi connectivity index (χ2n) is 3.86. The molecule has 0 aromatic rings. The van der Waals surface area contributed by atoms with Crippen LogP contribution in [-0.2, 0) is 9.47 Å². The van der Waals surface area contributed by atoms with Crippen molar-refractivity contribution in [1.29, 1.82) is 0 Å². The average Bonchev–Trinajstić information content (AvgIpc) is 2.19. The first kappa shape index (κ1) is 11.0. The Morgan fingerprint density at radius 2 is 2.08 bits per heavy atom. The summed E-state index contributed by atoms with van der Waals surface area (Å²) in [6, 6.07) is 0. The molecular weight excluding hydrogens is 168 g/mol. The Kier molecular flexibility index (Phi) is 5.35. The molecular formula is C10H20O3. The quantitative estimate of drug-likeness (QED) is 0.523. The smallest absolute Gasteiger partial charge is 0.146 e. The molecule has 3 nitrogen and oxygen atoms in total. The number of hydrogen-bond donors (Lipinski definition) is 1. The van der Waals surface area contributed by atoms with Crippen molar-refractivity contribution in [2.75, 3.05) is 27.1 Å². The van der Waals surface area contributed by atoms with E-state index in [0.29, 0.717) is 25.2 Å². The van der Waals surface area contributed by atoms with E-state index in [0.717, 1.165) is 13.0 Å². The van der Waals surface area contributed by atoms with Gasteiger partial charge in [-0.25, -0.2) is 0 Å². The summed E-state index contributed by atoms with van der Waals surface area (Å²) in [6.07, 6.45) is 4.75. The van der Waals surface area contributed by atoms with E-state index < -0.39 is 0 Å². The third-order valence-corrected chi connectivity index (χ3v) is 2.70. The highest BCUT2D eigenvalue weighted by atomic mass is 16.7. The summed E-state index contributed by atoms with van der Waals surface area (Å²) >= 11 is 0. The van der Waals surface area contributed by atoms with E-state index in [9.17, 15) is 0 Å². The standard InChI is InChI=1S/C10H20O3/c1-12-8-13-7-10-4-2-3-9(5-10)6-11/h9-11H,2-8H2,1H3/t9-,10+/m0/s1.